The van der Waals surface area contributed by atoms with Gasteiger partial charge in [0, 0.05) is 29.7 Å². The molecule has 0 spiro atoms. The van der Waals surface area contributed by atoms with Gasteiger partial charge in [-0.25, -0.2) is 9.07 Å². The lowest BCUT2D eigenvalue weighted by atomic mass is 10.2. The summed E-state index contributed by atoms with van der Waals surface area (Å²) < 4.78 is 53.8. The lowest BCUT2D eigenvalue weighted by Gasteiger charge is -2.10. The van der Waals surface area contributed by atoms with Gasteiger partial charge in [0.15, 0.2) is 5.82 Å². The monoisotopic (exact) mass is 394 g/mol. The normalized spacial score (nSPS) is 11.6. The topological polar surface area (TPSA) is 81.7 Å². The number of hydrogen-bond acceptors (Lipinski definition) is 5. The van der Waals surface area contributed by atoms with E-state index < -0.39 is 17.6 Å². The maximum absolute atomic E-state index is 13.5. The van der Waals surface area contributed by atoms with Crippen molar-refractivity contribution in [1.29, 1.82) is 0 Å². The van der Waals surface area contributed by atoms with Crippen LogP contribution in [0, 0.1) is 12.7 Å². The molecule has 10 heteroatoms. The van der Waals surface area contributed by atoms with Crippen molar-refractivity contribution in [3.63, 3.8) is 0 Å². The second-order valence-electron chi connectivity index (χ2n) is 6.13. The number of nitrogens with zero attached hydrogens (tertiary/aromatic N) is 4. The van der Waals surface area contributed by atoms with Gasteiger partial charge < -0.3 is 11.1 Å². The summed E-state index contributed by atoms with van der Waals surface area (Å²) in [4.78, 5) is 8.52. The van der Waals surface area contributed by atoms with Crippen molar-refractivity contribution >= 4 is 11.6 Å². The van der Waals surface area contributed by atoms with E-state index in [1.165, 1.54) is 6.07 Å². The van der Waals surface area contributed by atoms with Gasteiger partial charge in [-0.3, -0.25) is 4.98 Å². The molecule has 1 aromatic carbocycles. The summed E-state index contributed by atoms with van der Waals surface area (Å²) >= 11 is 0. The zero-order valence-corrected chi connectivity index (χ0v) is 15.0. The first-order chi connectivity index (χ1) is 13.3. The third-order valence-corrected chi connectivity index (χ3v) is 3.93. The van der Waals surface area contributed by atoms with Gasteiger partial charge in [-0.1, -0.05) is 0 Å². The number of anilines is 2. The number of halogens is 4. The summed E-state index contributed by atoms with van der Waals surface area (Å²) in [7, 11) is 0. The second kappa shape index (κ2) is 7.93. The fraction of sp³-hybridized carbons (Fsp3) is 0.278. The van der Waals surface area contributed by atoms with Crippen molar-refractivity contribution in [2.75, 3.05) is 11.9 Å². The van der Waals surface area contributed by atoms with E-state index in [1.54, 1.807) is 16.9 Å². The van der Waals surface area contributed by atoms with E-state index in [0.717, 1.165) is 17.3 Å². The van der Waals surface area contributed by atoms with E-state index in [9.17, 15) is 17.6 Å². The van der Waals surface area contributed by atoms with Crippen LogP contribution in [0.3, 0.4) is 0 Å². The number of nitrogens with two attached hydrogens (primary N) is 1. The summed E-state index contributed by atoms with van der Waals surface area (Å²) in [6.45, 7) is 2.77. The average Bonchev–Trinajstić information content (AvgIpc) is 3.03. The van der Waals surface area contributed by atoms with Crippen LogP contribution in [0.15, 0.2) is 36.5 Å². The fourth-order valence-corrected chi connectivity index (χ4v) is 2.64. The number of benzene rings is 1. The number of aromatic nitrogens is 4. The van der Waals surface area contributed by atoms with Gasteiger partial charge in [0.2, 0.25) is 5.95 Å². The zero-order valence-electron chi connectivity index (χ0n) is 15.0. The quantitative estimate of drug-likeness (QED) is 0.620. The summed E-state index contributed by atoms with van der Waals surface area (Å²) in [5, 5.41) is 7.02. The SMILES string of the molecule is Cc1cc(-c2nc(Nc3ccc(F)c(C(F)(F)F)c3)nn2CCCN)ccn1. The van der Waals surface area contributed by atoms with Crippen LogP contribution in [0.2, 0.25) is 0 Å². The van der Waals surface area contributed by atoms with Gasteiger partial charge in [-0.15, -0.1) is 5.10 Å². The molecule has 0 fully saturated rings. The van der Waals surface area contributed by atoms with Gasteiger partial charge in [-0.2, -0.15) is 18.2 Å². The highest BCUT2D eigenvalue weighted by Gasteiger charge is 2.34. The molecule has 3 rings (SSSR count). The maximum Gasteiger partial charge on any atom is 0.419 e. The lowest BCUT2D eigenvalue weighted by Crippen LogP contribution is -2.09. The van der Waals surface area contributed by atoms with Crippen molar-refractivity contribution in [3.05, 3.63) is 53.6 Å². The third kappa shape index (κ3) is 4.45. The first-order valence-corrected chi connectivity index (χ1v) is 8.49. The van der Waals surface area contributed by atoms with Gasteiger partial charge >= 0.3 is 6.18 Å². The third-order valence-electron chi connectivity index (χ3n) is 3.93. The molecule has 0 atom stereocenters. The fourth-order valence-electron chi connectivity index (χ4n) is 2.64. The Hall–Kier alpha value is -3.01. The summed E-state index contributed by atoms with van der Waals surface area (Å²) in [6.07, 6.45) is -2.51. The Morgan fingerprint density at radius 3 is 2.64 bits per heavy atom. The zero-order chi connectivity index (χ0) is 20.3. The second-order valence-corrected chi connectivity index (χ2v) is 6.13. The minimum atomic E-state index is -4.80. The Labute approximate surface area is 158 Å². The molecule has 0 aliphatic rings. The molecule has 0 aliphatic heterocycles. The van der Waals surface area contributed by atoms with Gasteiger partial charge in [0.05, 0.1) is 5.56 Å². The summed E-state index contributed by atoms with van der Waals surface area (Å²) in [6, 6.07) is 6.23. The molecule has 28 heavy (non-hydrogen) atoms. The molecule has 0 unspecified atom stereocenters. The van der Waals surface area contributed by atoms with Crippen LogP contribution in [-0.4, -0.2) is 26.3 Å². The molecule has 0 aliphatic carbocycles. The Balaban J connectivity index is 1.95. The van der Waals surface area contributed by atoms with Gasteiger partial charge in [0.25, 0.3) is 0 Å². The predicted molar refractivity (Wildman–Crippen MR) is 96.3 cm³/mol. The van der Waals surface area contributed by atoms with Crippen LogP contribution in [0.25, 0.3) is 11.4 Å². The smallest absolute Gasteiger partial charge is 0.330 e. The molecule has 3 N–H and O–H groups in total. The van der Waals surface area contributed by atoms with Crippen LogP contribution in [0.1, 0.15) is 17.7 Å². The number of nitrogens with one attached hydrogen (secondary N) is 1. The first kappa shape index (κ1) is 19.7. The molecule has 3 aromatic rings. The maximum atomic E-state index is 13.5. The van der Waals surface area contributed by atoms with E-state index in [4.69, 9.17) is 5.73 Å². The molecular formula is C18H18F4N6. The highest BCUT2D eigenvalue weighted by atomic mass is 19.4. The van der Waals surface area contributed by atoms with Crippen LogP contribution in [0.4, 0.5) is 29.2 Å². The molecule has 0 amide bonds. The predicted octanol–water partition coefficient (Wildman–Crippen LogP) is 3.90. The Morgan fingerprint density at radius 1 is 1.18 bits per heavy atom. The minimum absolute atomic E-state index is 0.0298. The Morgan fingerprint density at radius 2 is 1.96 bits per heavy atom. The standard InChI is InChI=1S/C18H18F4N6/c1-11-9-12(5-7-24-11)16-26-17(27-28(16)8-2-6-23)25-13-3-4-15(19)14(10-13)18(20,21)22/h3-5,7,9-10H,2,6,8,23H2,1H3,(H,25,27). The molecule has 0 radical (unpaired) electrons. The molecule has 0 saturated carbocycles. The van der Waals surface area contributed by atoms with Crippen LogP contribution in [0.5, 0.6) is 0 Å². The highest BCUT2D eigenvalue weighted by Crippen LogP contribution is 2.33. The van der Waals surface area contributed by atoms with Crippen LogP contribution < -0.4 is 11.1 Å². The molecular weight excluding hydrogens is 376 g/mol. The molecule has 6 nitrogen and oxygen atoms in total. The lowest BCUT2D eigenvalue weighted by molar-refractivity contribution is -0.139. The Bertz CT molecular complexity index is 967. The largest absolute Gasteiger partial charge is 0.419 e. The minimum Gasteiger partial charge on any atom is -0.330 e. The molecule has 2 heterocycles. The van der Waals surface area contributed by atoms with E-state index in [0.29, 0.717) is 31.4 Å². The van der Waals surface area contributed by atoms with Gasteiger partial charge in [0.1, 0.15) is 5.82 Å². The number of aryl methyl sites for hydroxylation is 2. The number of hydrogen-bond donors (Lipinski definition) is 2. The number of pyridine rings is 1. The molecule has 2 aromatic heterocycles. The number of rotatable bonds is 6. The average molecular weight is 394 g/mol. The molecule has 148 valence electrons. The molecule has 0 bridgehead atoms. The van der Waals surface area contributed by atoms with E-state index in [-0.39, 0.29) is 11.6 Å². The van der Waals surface area contributed by atoms with Crippen molar-refractivity contribution in [3.8, 4) is 11.4 Å². The summed E-state index contributed by atoms with van der Waals surface area (Å²) in [5.41, 5.74) is 5.79. The Kier molecular flexibility index (Phi) is 5.59. The van der Waals surface area contributed by atoms with E-state index in [2.05, 4.69) is 20.4 Å². The highest BCUT2D eigenvalue weighted by molar-refractivity contribution is 5.60. The first-order valence-electron chi connectivity index (χ1n) is 8.49. The van der Waals surface area contributed by atoms with E-state index in [1.807, 2.05) is 13.0 Å². The van der Waals surface area contributed by atoms with Crippen molar-refractivity contribution in [2.45, 2.75) is 26.1 Å². The van der Waals surface area contributed by atoms with Gasteiger partial charge in [-0.05, 0) is 50.2 Å². The van der Waals surface area contributed by atoms with Crippen LogP contribution in [-0.2, 0) is 12.7 Å². The van der Waals surface area contributed by atoms with Crippen molar-refractivity contribution in [1.82, 2.24) is 19.7 Å². The summed E-state index contributed by atoms with van der Waals surface area (Å²) in [5.74, 6) is -0.715. The van der Waals surface area contributed by atoms with Crippen molar-refractivity contribution < 1.29 is 17.6 Å². The van der Waals surface area contributed by atoms with Crippen molar-refractivity contribution in [2.24, 2.45) is 5.73 Å². The molecule has 0 saturated heterocycles. The van der Waals surface area contributed by atoms with E-state index >= 15 is 0 Å². The van der Waals surface area contributed by atoms with Crippen LogP contribution >= 0.6 is 0 Å². The number of alkyl halides is 3.